The molecule has 0 fully saturated rings. The van der Waals surface area contributed by atoms with E-state index in [0.29, 0.717) is 0 Å². The van der Waals surface area contributed by atoms with Gasteiger partial charge in [-0.3, -0.25) is 9.59 Å². The zero-order valence-corrected chi connectivity index (χ0v) is 18.4. The molecule has 4 N–H and O–H groups in total. The van der Waals surface area contributed by atoms with Crippen LogP contribution in [-0.4, -0.2) is 39.8 Å². The minimum atomic E-state index is -0.639. The van der Waals surface area contributed by atoms with Gasteiger partial charge in [0.1, 0.15) is 16.2 Å². The van der Waals surface area contributed by atoms with Gasteiger partial charge in [0, 0.05) is 13.2 Å². The summed E-state index contributed by atoms with van der Waals surface area (Å²) in [5.41, 5.74) is 8.67. The maximum absolute atomic E-state index is 9.09. The first-order valence-electron chi connectivity index (χ1n) is 7.58. The average molecular weight is 400 g/mol. The van der Waals surface area contributed by atoms with Crippen molar-refractivity contribution in [3.63, 3.8) is 0 Å². The Kier molecular flexibility index (Phi) is 55.4. The number of carbonyl (C=O) groups excluding carboxylic acids is 2. The van der Waals surface area contributed by atoms with Crippen molar-refractivity contribution in [1.82, 2.24) is 0 Å². The molecule has 0 saturated carbocycles. The number of carbonyl (C=O) groups is 2. The van der Waals surface area contributed by atoms with Crippen molar-refractivity contribution in [1.29, 1.82) is 0 Å². The first-order chi connectivity index (χ1) is 11.1. The lowest BCUT2D eigenvalue weighted by molar-refractivity contribution is -0.0878. The highest BCUT2D eigenvalue weighted by atomic mass is 32.1. The topological polar surface area (TPSA) is 105 Å². The Balaban J connectivity index is -0.0000000718. The molecule has 0 spiro atoms. The number of allylic oxidation sites excluding steroid dienone is 1. The largest absolute Gasteiger partial charge is 0.361 e. The maximum Gasteiger partial charge on any atom is 0.273 e. The van der Waals surface area contributed by atoms with Gasteiger partial charge in [0.2, 0.25) is 0 Å². The van der Waals surface area contributed by atoms with Gasteiger partial charge < -0.3 is 20.9 Å². The summed E-state index contributed by atoms with van der Waals surface area (Å²) in [7, 11) is 3.28. The molecule has 3 radical (unpaired) electrons. The van der Waals surface area contributed by atoms with Crippen molar-refractivity contribution in [3.8, 4) is 0 Å². The molecule has 0 aliphatic rings. The average Bonchev–Trinajstić information content (AvgIpc) is 2.43. The Morgan fingerprint density at radius 3 is 1.33 bits per heavy atom. The van der Waals surface area contributed by atoms with Gasteiger partial charge in [-0.15, -0.1) is 6.58 Å². The molecule has 0 aromatic heterocycles. The molecule has 0 saturated heterocycles. The minimum absolute atomic E-state index is 0.222. The maximum atomic E-state index is 9.09. The summed E-state index contributed by atoms with van der Waals surface area (Å²) in [5.74, 6) is -0.222. The molecule has 0 aliphatic carbocycles. The second-order valence-electron chi connectivity index (χ2n) is 3.87. The third-order valence-corrected chi connectivity index (χ3v) is 1.28. The van der Waals surface area contributed by atoms with Crippen LogP contribution in [0.1, 0.15) is 53.9 Å². The summed E-state index contributed by atoms with van der Waals surface area (Å²) in [5, 5.41) is -1.28. The minimum Gasteiger partial charge on any atom is -0.361 e. The van der Waals surface area contributed by atoms with Crippen LogP contribution in [0, 0.1) is 0 Å². The summed E-state index contributed by atoms with van der Waals surface area (Å²) in [6, 6.07) is 0. The molecule has 0 heterocycles. The van der Waals surface area contributed by atoms with E-state index in [1.807, 2.05) is 6.92 Å². The van der Waals surface area contributed by atoms with Gasteiger partial charge in [-0.1, -0.05) is 65.4 Å². The molecule has 0 rings (SSSR count). The van der Waals surface area contributed by atoms with Crippen LogP contribution < -0.4 is 11.5 Å². The van der Waals surface area contributed by atoms with Crippen LogP contribution >= 0.6 is 25.3 Å². The molecule has 24 heavy (non-hydrogen) atoms. The normalized spacial score (nSPS) is 7.88. The molecule has 6 nitrogen and oxygen atoms in total. The fourth-order valence-corrected chi connectivity index (χ4v) is 0.734. The lowest BCUT2D eigenvalue weighted by Crippen LogP contribution is -2.17. The lowest BCUT2D eigenvalue weighted by atomic mass is 10.5. The summed E-state index contributed by atoms with van der Waals surface area (Å²) < 4.78 is 10.4. The number of ether oxygens (including phenoxy) is 2. The summed E-state index contributed by atoms with van der Waals surface area (Å²) in [6.07, 6.45) is 5.05. The highest BCUT2D eigenvalue weighted by Crippen LogP contribution is 1.91. The predicted octanol–water partition coefficient (Wildman–Crippen LogP) is 3.89. The summed E-state index contributed by atoms with van der Waals surface area (Å²) in [4.78, 5) is 18.2. The van der Waals surface area contributed by atoms with E-state index in [1.54, 1.807) is 6.08 Å². The van der Waals surface area contributed by atoms with Crippen molar-refractivity contribution in [3.05, 3.63) is 12.7 Å². The van der Waals surface area contributed by atoms with Gasteiger partial charge in [-0.25, -0.2) is 0 Å². The summed E-state index contributed by atoms with van der Waals surface area (Å²) in [6.45, 7) is 15.1. The predicted molar refractivity (Wildman–Crippen MR) is 111 cm³/mol. The number of hydrogen-bond acceptors (Lipinski definition) is 4. The first-order valence-corrected chi connectivity index (χ1v) is 9.06. The molecule has 9 heteroatoms. The van der Waals surface area contributed by atoms with Crippen molar-refractivity contribution >= 4 is 46.0 Å². The van der Waals surface area contributed by atoms with Crippen LogP contribution in [0.5, 0.6) is 0 Å². The third-order valence-electron chi connectivity index (χ3n) is 0.947. The fraction of sp³-hybridized carbons (Fsp3) is 0.733. The van der Waals surface area contributed by atoms with Gasteiger partial charge in [0.05, 0.1) is 0 Å². The van der Waals surface area contributed by atoms with Gasteiger partial charge in [-0.2, -0.15) is 0 Å². The number of amides is 2. The van der Waals surface area contributed by atoms with Crippen LogP contribution in [0.2, 0.25) is 0 Å². The fourth-order valence-electron chi connectivity index (χ4n) is 0.498. The van der Waals surface area contributed by atoms with E-state index in [1.165, 1.54) is 6.42 Å². The van der Waals surface area contributed by atoms with E-state index in [2.05, 4.69) is 81.2 Å². The van der Waals surface area contributed by atoms with Crippen LogP contribution in [0.25, 0.3) is 0 Å². The highest BCUT2D eigenvalue weighted by molar-refractivity contribution is 7.96. The highest BCUT2D eigenvalue weighted by Gasteiger charge is 1.98. The van der Waals surface area contributed by atoms with Crippen molar-refractivity contribution < 1.29 is 19.1 Å². The smallest absolute Gasteiger partial charge is 0.273 e. The third kappa shape index (κ3) is 160. The Morgan fingerprint density at radius 1 is 1.04 bits per heavy atom. The quantitative estimate of drug-likeness (QED) is 0.235. The number of rotatable bonds is 6. The van der Waals surface area contributed by atoms with E-state index in [-0.39, 0.29) is 5.91 Å². The first kappa shape index (κ1) is 34.8. The SMILES string of the molecule is C=CC.CCC.CCCOC([Si])OCCC.NC(=O)S.NC(=O)S. The van der Waals surface area contributed by atoms with Crippen LogP contribution in [0.15, 0.2) is 12.7 Å². The van der Waals surface area contributed by atoms with Crippen LogP contribution in [0.3, 0.4) is 0 Å². The van der Waals surface area contributed by atoms with Gasteiger partial charge in [-0.05, 0) is 19.8 Å². The van der Waals surface area contributed by atoms with Crippen molar-refractivity contribution in [2.45, 2.75) is 59.8 Å². The van der Waals surface area contributed by atoms with Gasteiger partial charge in [0.15, 0.2) is 0 Å². The van der Waals surface area contributed by atoms with Crippen molar-refractivity contribution in [2.75, 3.05) is 13.2 Å². The van der Waals surface area contributed by atoms with Crippen molar-refractivity contribution in [2.24, 2.45) is 11.5 Å². The Morgan fingerprint density at radius 2 is 1.21 bits per heavy atom. The molecule has 145 valence electrons. The molecule has 0 atom stereocenters. The van der Waals surface area contributed by atoms with Crippen LogP contribution in [0.4, 0.5) is 9.59 Å². The molecule has 0 aromatic rings. The Hall–Kier alpha value is -0.483. The Labute approximate surface area is 162 Å². The van der Waals surface area contributed by atoms with E-state index in [4.69, 9.17) is 19.1 Å². The number of primary amides is 2. The van der Waals surface area contributed by atoms with E-state index in [9.17, 15) is 0 Å². The number of thiol groups is 2. The van der Waals surface area contributed by atoms with E-state index in [0.717, 1.165) is 26.1 Å². The van der Waals surface area contributed by atoms with E-state index >= 15 is 0 Å². The number of hydrogen-bond donors (Lipinski definition) is 4. The van der Waals surface area contributed by atoms with Crippen LogP contribution in [-0.2, 0) is 9.47 Å². The molecule has 2 amide bonds. The second kappa shape index (κ2) is 38.2. The zero-order valence-electron chi connectivity index (χ0n) is 15.6. The molecule has 0 unspecified atom stereocenters. The number of nitrogens with two attached hydrogens (primary N) is 2. The van der Waals surface area contributed by atoms with Gasteiger partial charge >= 0.3 is 0 Å². The van der Waals surface area contributed by atoms with E-state index < -0.39 is 10.5 Å². The molecule has 0 aliphatic heterocycles. The lowest BCUT2D eigenvalue weighted by Gasteiger charge is -2.12. The van der Waals surface area contributed by atoms with Gasteiger partial charge in [0.25, 0.3) is 10.5 Å². The molecule has 0 aromatic carbocycles. The molecular weight excluding hydrogens is 364 g/mol. The Bertz CT molecular complexity index is 234. The molecular formula is C15H35N2O4S2Si. The second-order valence-corrected chi connectivity index (χ2v) is 5.22. The molecule has 0 bridgehead atoms. The standard InChI is InChI=1S/C7H15O2Si.C3H8.C3H6.2CH3NOS/c1-3-5-8-7(10)9-6-4-2;2*1-3-2;2*2-1(3)4/h7H,3-6H2,1-2H3;3H2,1-2H3;3H,1H2,2H3;2*(H3,2,3,4). The summed E-state index contributed by atoms with van der Waals surface area (Å²) >= 11 is 6.21. The monoisotopic (exact) mass is 399 g/mol. The zero-order chi connectivity index (χ0) is 20.4.